The second kappa shape index (κ2) is 7.30. The topological polar surface area (TPSA) is 66.4 Å². The zero-order chi connectivity index (χ0) is 13.6. The number of hydrogen-bond donors (Lipinski definition) is 2. The summed E-state index contributed by atoms with van der Waals surface area (Å²) >= 11 is 0. The molecule has 0 heterocycles. The number of rotatable bonds is 7. The predicted molar refractivity (Wildman–Crippen MR) is 67.6 cm³/mol. The first-order chi connectivity index (χ1) is 7.79. The van der Waals surface area contributed by atoms with Crippen molar-refractivity contribution in [2.45, 2.75) is 53.5 Å². The van der Waals surface area contributed by atoms with E-state index in [1.807, 2.05) is 0 Å². The van der Waals surface area contributed by atoms with E-state index in [1.54, 1.807) is 13.8 Å². The fraction of sp³-hybridized carbons (Fsp3) is 0.846. The minimum absolute atomic E-state index is 0.101. The number of amides is 1. The lowest BCUT2D eigenvalue weighted by Gasteiger charge is -2.22. The number of nitrogens with one attached hydrogen (secondary N) is 1. The molecule has 0 fully saturated rings. The van der Waals surface area contributed by atoms with E-state index in [0.717, 1.165) is 6.42 Å². The molecule has 0 aliphatic rings. The molecule has 0 aromatic rings. The highest BCUT2D eigenvalue weighted by Crippen LogP contribution is 2.18. The molecule has 100 valence electrons. The second-order valence-corrected chi connectivity index (χ2v) is 5.24. The smallest absolute Gasteiger partial charge is 0.326 e. The lowest BCUT2D eigenvalue weighted by atomic mass is 9.89. The van der Waals surface area contributed by atoms with E-state index in [-0.39, 0.29) is 11.8 Å². The molecule has 0 spiro atoms. The van der Waals surface area contributed by atoms with E-state index in [2.05, 4.69) is 26.1 Å². The number of carbonyl (C=O) groups excluding carboxylic acids is 1. The van der Waals surface area contributed by atoms with Crippen molar-refractivity contribution in [2.75, 3.05) is 0 Å². The van der Waals surface area contributed by atoms with Crippen LogP contribution in [0.25, 0.3) is 0 Å². The largest absolute Gasteiger partial charge is 0.480 e. The molecule has 1 amide bonds. The quantitative estimate of drug-likeness (QED) is 0.721. The highest BCUT2D eigenvalue weighted by atomic mass is 16.4. The first-order valence-corrected chi connectivity index (χ1v) is 6.31. The Labute approximate surface area is 104 Å². The van der Waals surface area contributed by atoms with Gasteiger partial charge in [-0.05, 0) is 17.8 Å². The average molecular weight is 243 g/mol. The average Bonchev–Trinajstić information content (AvgIpc) is 2.21. The molecule has 2 atom stereocenters. The van der Waals surface area contributed by atoms with Crippen LogP contribution in [0.2, 0.25) is 0 Å². The summed E-state index contributed by atoms with van der Waals surface area (Å²) in [6.07, 6.45) is 1.34. The summed E-state index contributed by atoms with van der Waals surface area (Å²) in [4.78, 5) is 22.7. The maximum Gasteiger partial charge on any atom is 0.326 e. The van der Waals surface area contributed by atoms with Gasteiger partial charge < -0.3 is 10.4 Å². The van der Waals surface area contributed by atoms with E-state index in [0.29, 0.717) is 18.3 Å². The highest BCUT2D eigenvalue weighted by molar-refractivity contribution is 5.83. The van der Waals surface area contributed by atoms with Crippen molar-refractivity contribution < 1.29 is 14.7 Å². The third-order valence-electron chi connectivity index (χ3n) is 3.16. The first kappa shape index (κ1) is 15.9. The molecule has 0 aromatic heterocycles. The number of carboxylic acid groups (broad SMARTS) is 1. The van der Waals surface area contributed by atoms with E-state index in [9.17, 15) is 9.59 Å². The van der Waals surface area contributed by atoms with E-state index >= 15 is 0 Å². The summed E-state index contributed by atoms with van der Waals surface area (Å²) in [5.41, 5.74) is 0. The monoisotopic (exact) mass is 243 g/mol. The Morgan fingerprint density at radius 1 is 1.12 bits per heavy atom. The number of aliphatic carboxylic acids is 1. The number of carbonyl (C=O) groups is 2. The van der Waals surface area contributed by atoms with Crippen LogP contribution in [0, 0.1) is 17.8 Å². The van der Waals surface area contributed by atoms with Gasteiger partial charge in [0.15, 0.2) is 0 Å². The Morgan fingerprint density at radius 2 is 1.65 bits per heavy atom. The summed E-state index contributed by atoms with van der Waals surface area (Å²) in [7, 11) is 0. The van der Waals surface area contributed by atoms with E-state index in [4.69, 9.17) is 5.11 Å². The predicted octanol–water partition coefficient (Wildman–Crippen LogP) is 2.28. The lowest BCUT2D eigenvalue weighted by Crippen LogP contribution is -2.44. The van der Waals surface area contributed by atoms with Crippen molar-refractivity contribution in [1.29, 1.82) is 0 Å². The first-order valence-electron chi connectivity index (χ1n) is 6.31. The van der Waals surface area contributed by atoms with Gasteiger partial charge >= 0.3 is 5.97 Å². The van der Waals surface area contributed by atoms with Crippen molar-refractivity contribution in [3.8, 4) is 0 Å². The number of hydrogen-bond acceptors (Lipinski definition) is 2. The lowest BCUT2D eigenvalue weighted by molar-refractivity contribution is -0.143. The molecular weight excluding hydrogens is 218 g/mol. The fourth-order valence-electron chi connectivity index (χ4n) is 1.84. The number of carboxylic acids is 1. The normalized spacial score (nSPS) is 14.8. The molecule has 0 bridgehead atoms. The molecule has 0 radical (unpaired) electrons. The molecule has 0 aliphatic heterocycles. The SMILES string of the molecule is CCC(CC(=O)NC(C(=O)O)C(C)C)C(C)C. The molecule has 4 nitrogen and oxygen atoms in total. The van der Waals surface area contributed by atoms with Crippen molar-refractivity contribution in [1.82, 2.24) is 5.32 Å². The van der Waals surface area contributed by atoms with Crippen LogP contribution in [0.1, 0.15) is 47.5 Å². The van der Waals surface area contributed by atoms with Gasteiger partial charge in [-0.2, -0.15) is 0 Å². The molecule has 17 heavy (non-hydrogen) atoms. The van der Waals surface area contributed by atoms with Gasteiger partial charge in [-0.1, -0.05) is 41.0 Å². The van der Waals surface area contributed by atoms with Gasteiger partial charge in [-0.25, -0.2) is 4.79 Å². The van der Waals surface area contributed by atoms with Gasteiger partial charge in [0.05, 0.1) is 0 Å². The molecule has 4 heteroatoms. The van der Waals surface area contributed by atoms with Crippen LogP contribution in [0.4, 0.5) is 0 Å². The summed E-state index contributed by atoms with van der Waals surface area (Å²) < 4.78 is 0. The minimum atomic E-state index is -0.967. The van der Waals surface area contributed by atoms with Crippen LogP contribution >= 0.6 is 0 Å². The third kappa shape index (κ3) is 5.71. The molecular formula is C13H25NO3. The maximum absolute atomic E-state index is 11.8. The van der Waals surface area contributed by atoms with Crippen LogP contribution in [-0.4, -0.2) is 23.0 Å². The maximum atomic E-state index is 11.8. The van der Waals surface area contributed by atoms with Gasteiger partial charge in [0.25, 0.3) is 0 Å². The Morgan fingerprint density at radius 3 is 1.94 bits per heavy atom. The fourth-order valence-corrected chi connectivity index (χ4v) is 1.84. The Balaban J connectivity index is 4.37. The summed E-state index contributed by atoms with van der Waals surface area (Å²) in [6.45, 7) is 9.80. The Hall–Kier alpha value is -1.06. The van der Waals surface area contributed by atoms with Gasteiger partial charge in [0.1, 0.15) is 6.04 Å². The van der Waals surface area contributed by atoms with Crippen LogP contribution in [0.5, 0.6) is 0 Å². The van der Waals surface area contributed by atoms with Crippen LogP contribution in [0.15, 0.2) is 0 Å². The molecule has 2 N–H and O–H groups in total. The molecule has 0 aliphatic carbocycles. The second-order valence-electron chi connectivity index (χ2n) is 5.24. The van der Waals surface area contributed by atoms with Gasteiger partial charge in [-0.3, -0.25) is 4.79 Å². The minimum Gasteiger partial charge on any atom is -0.480 e. The van der Waals surface area contributed by atoms with Gasteiger partial charge in [0.2, 0.25) is 5.91 Å². The zero-order valence-electron chi connectivity index (χ0n) is 11.5. The van der Waals surface area contributed by atoms with Crippen LogP contribution in [0.3, 0.4) is 0 Å². The molecule has 2 unspecified atom stereocenters. The zero-order valence-corrected chi connectivity index (χ0v) is 11.5. The van der Waals surface area contributed by atoms with E-state index in [1.165, 1.54) is 0 Å². The van der Waals surface area contributed by atoms with Gasteiger partial charge in [0, 0.05) is 6.42 Å². The summed E-state index contributed by atoms with van der Waals surface area (Å²) in [5, 5.41) is 11.6. The summed E-state index contributed by atoms with van der Waals surface area (Å²) in [6, 6.07) is -0.785. The van der Waals surface area contributed by atoms with Crippen molar-refractivity contribution >= 4 is 11.9 Å². The standard InChI is InChI=1S/C13H25NO3/c1-6-10(8(2)3)7-11(15)14-12(9(4)5)13(16)17/h8-10,12H,6-7H2,1-5H3,(H,14,15)(H,16,17). The summed E-state index contributed by atoms with van der Waals surface area (Å²) in [5.74, 6) is -0.474. The van der Waals surface area contributed by atoms with Crippen molar-refractivity contribution in [3.63, 3.8) is 0 Å². The Bertz CT molecular complexity index is 261. The van der Waals surface area contributed by atoms with Crippen LogP contribution in [-0.2, 0) is 9.59 Å². The molecule has 0 saturated carbocycles. The molecule has 0 aromatic carbocycles. The van der Waals surface area contributed by atoms with E-state index < -0.39 is 12.0 Å². The third-order valence-corrected chi connectivity index (χ3v) is 3.16. The van der Waals surface area contributed by atoms with Gasteiger partial charge in [-0.15, -0.1) is 0 Å². The van der Waals surface area contributed by atoms with Crippen molar-refractivity contribution in [3.05, 3.63) is 0 Å². The van der Waals surface area contributed by atoms with Crippen molar-refractivity contribution in [2.24, 2.45) is 17.8 Å². The van der Waals surface area contributed by atoms with Crippen LogP contribution < -0.4 is 5.32 Å². The molecule has 0 saturated heterocycles. The molecule has 0 rings (SSSR count). The Kier molecular flexibility index (Phi) is 6.85. The highest BCUT2D eigenvalue weighted by Gasteiger charge is 2.24.